The average Bonchev–Trinajstić information content (AvgIpc) is 2.34. The van der Waals surface area contributed by atoms with Gasteiger partial charge in [-0.1, -0.05) is 29.2 Å². The second kappa shape index (κ2) is 4.24. The molecule has 12 heavy (non-hydrogen) atoms. The van der Waals surface area contributed by atoms with Crippen LogP contribution in [0, 0.1) is 0 Å². The lowest BCUT2D eigenvalue weighted by Gasteiger charge is -2.17. The van der Waals surface area contributed by atoms with Gasteiger partial charge in [-0.15, -0.1) is 5.73 Å². The number of carbonyl (C=O) groups excluding carboxylic acids is 1. The molecule has 0 aliphatic heterocycles. The predicted molar refractivity (Wildman–Crippen MR) is 58.6 cm³/mol. The van der Waals surface area contributed by atoms with Gasteiger partial charge in [0.15, 0.2) is 0 Å². The van der Waals surface area contributed by atoms with Gasteiger partial charge in [-0.2, -0.15) is 0 Å². The van der Waals surface area contributed by atoms with Crippen molar-refractivity contribution in [1.29, 1.82) is 0 Å². The van der Waals surface area contributed by atoms with Gasteiger partial charge in [0.2, 0.25) is 0 Å². The number of carbonyl (C=O) groups is 1. The second-order valence-corrected chi connectivity index (χ2v) is 5.25. The van der Waals surface area contributed by atoms with E-state index in [1.807, 2.05) is 6.08 Å². The van der Waals surface area contributed by atoms with Crippen LogP contribution in [0.25, 0.3) is 0 Å². The molecule has 1 saturated carbocycles. The fourth-order valence-electron chi connectivity index (χ4n) is 1.56. The van der Waals surface area contributed by atoms with E-state index < -0.39 is 0 Å². The summed E-state index contributed by atoms with van der Waals surface area (Å²) in [5.74, 6) is 0.431. The molecule has 0 spiro atoms. The number of hydrogen-bond acceptors (Lipinski definition) is 1. The van der Waals surface area contributed by atoms with E-state index in [4.69, 9.17) is 0 Å². The zero-order chi connectivity index (χ0) is 9.03. The summed E-state index contributed by atoms with van der Waals surface area (Å²) in [4.78, 5) is 11.4. The molecule has 1 nitrogen and oxygen atoms in total. The Balaban J connectivity index is 2.48. The monoisotopic (exact) mass is 276 g/mol. The smallest absolute Gasteiger partial charge is 0.148 e. The van der Waals surface area contributed by atoms with Crippen molar-refractivity contribution < 1.29 is 4.79 Å². The van der Waals surface area contributed by atoms with Crippen molar-refractivity contribution in [2.75, 3.05) is 0 Å². The highest BCUT2D eigenvalue weighted by Crippen LogP contribution is 2.38. The van der Waals surface area contributed by atoms with Crippen LogP contribution in [0.1, 0.15) is 32.1 Å². The number of rotatable bonds is 3. The molecule has 0 N–H and O–H groups in total. The molecule has 1 fully saturated rings. The van der Waals surface area contributed by atoms with Gasteiger partial charge in [0.05, 0.1) is 3.42 Å². The van der Waals surface area contributed by atoms with Gasteiger partial charge in [-0.25, -0.2) is 0 Å². The molecule has 0 heterocycles. The van der Waals surface area contributed by atoms with Crippen LogP contribution in [-0.2, 0) is 4.79 Å². The number of hydrogen-bond donors (Lipinski definition) is 0. The Morgan fingerprint density at radius 2 is 2.50 bits per heavy atom. The minimum absolute atomic E-state index is 0.0644. The summed E-state index contributed by atoms with van der Waals surface area (Å²) >= 11 is 2.31. The molecule has 0 aromatic rings. The first-order valence-electron chi connectivity index (χ1n) is 4.25. The van der Waals surface area contributed by atoms with Gasteiger partial charge >= 0.3 is 0 Å². The van der Waals surface area contributed by atoms with Gasteiger partial charge in [0.25, 0.3) is 0 Å². The lowest BCUT2D eigenvalue weighted by molar-refractivity contribution is -0.119. The zero-order valence-corrected chi connectivity index (χ0v) is 9.26. The highest BCUT2D eigenvalue weighted by atomic mass is 127. The molecule has 0 bridgehead atoms. The first-order valence-corrected chi connectivity index (χ1v) is 5.33. The van der Waals surface area contributed by atoms with Crippen molar-refractivity contribution in [1.82, 2.24) is 0 Å². The summed E-state index contributed by atoms with van der Waals surface area (Å²) in [6.45, 7) is 3.50. The number of ketones is 1. The number of halogens is 1. The third kappa shape index (κ3) is 2.20. The molecule has 0 amide bonds. The van der Waals surface area contributed by atoms with E-state index in [-0.39, 0.29) is 3.42 Å². The van der Waals surface area contributed by atoms with E-state index in [0.717, 1.165) is 32.1 Å². The van der Waals surface area contributed by atoms with Crippen LogP contribution >= 0.6 is 22.6 Å². The highest BCUT2D eigenvalue weighted by molar-refractivity contribution is 14.1. The third-order valence-corrected chi connectivity index (χ3v) is 3.99. The minimum atomic E-state index is -0.0644. The van der Waals surface area contributed by atoms with E-state index >= 15 is 0 Å². The van der Waals surface area contributed by atoms with Crippen LogP contribution < -0.4 is 0 Å². The zero-order valence-electron chi connectivity index (χ0n) is 7.11. The Kier molecular flexibility index (Phi) is 3.53. The molecular weight excluding hydrogens is 263 g/mol. The second-order valence-electron chi connectivity index (χ2n) is 3.19. The standard InChI is InChI=1S/C10H13IO/c1-2-3-4-7-10(11)8-5-6-9(10)12/h3H,1,4-8H2. The van der Waals surface area contributed by atoms with Crippen molar-refractivity contribution in [3.05, 3.63) is 18.4 Å². The maximum Gasteiger partial charge on any atom is 0.148 e. The Bertz CT molecular complexity index is 228. The Morgan fingerprint density at radius 3 is 3.00 bits per heavy atom. The first-order chi connectivity index (χ1) is 5.69. The van der Waals surface area contributed by atoms with Crippen molar-refractivity contribution >= 4 is 28.4 Å². The quantitative estimate of drug-likeness (QED) is 0.440. The Hall–Kier alpha value is -0.0800. The Labute approximate surface area is 87.1 Å². The van der Waals surface area contributed by atoms with Crippen LogP contribution in [-0.4, -0.2) is 9.20 Å². The molecule has 0 radical (unpaired) electrons. The van der Waals surface area contributed by atoms with E-state index in [9.17, 15) is 4.79 Å². The first kappa shape index (κ1) is 10.0. The van der Waals surface area contributed by atoms with Gasteiger partial charge in [0, 0.05) is 6.42 Å². The lowest BCUT2D eigenvalue weighted by atomic mass is 10.0. The van der Waals surface area contributed by atoms with Gasteiger partial charge in [-0.05, 0) is 31.8 Å². The summed E-state index contributed by atoms with van der Waals surface area (Å²) in [6.07, 6.45) is 6.69. The maximum atomic E-state index is 11.4. The third-order valence-electron chi connectivity index (χ3n) is 2.31. The Morgan fingerprint density at radius 1 is 1.75 bits per heavy atom. The summed E-state index contributed by atoms with van der Waals surface area (Å²) in [5, 5.41) is 0. The van der Waals surface area contributed by atoms with E-state index in [1.165, 1.54) is 0 Å². The van der Waals surface area contributed by atoms with Gasteiger partial charge in [0.1, 0.15) is 5.78 Å². The van der Waals surface area contributed by atoms with Gasteiger partial charge in [-0.3, -0.25) is 4.79 Å². The van der Waals surface area contributed by atoms with Crippen LogP contribution in [0.2, 0.25) is 0 Å². The average molecular weight is 276 g/mol. The molecule has 1 aliphatic rings. The molecule has 0 aromatic carbocycles. The highest BCUT2D eigenvalue weighted by Gasteiger charge is 2.38. The molecule has 1 atom stereocenters. The molecule has 1 aliphatic carbocycles. The van der Waals surface area contributed by atoms with Crippen LogP contribution in [0.5, 0.6) is 0 Å². The molecule has 2 heteroatoms. The molecule has 1 rings (SSSR count). The largest absolute Gasteiger partial charge is 0.298 e. The fraction of sp³-hybridized carbons (Fsp3) is 0.600. The summed E-state index contributed by atoms with van der Waals surface area (Å²) in [6, 6.07) is 0. The summed E-state index contributed by atoms with van der Waals surface area (Å²) in [5.41, 5.74) is 2.73. The van der Waals surface area contributed by atoms with E-state index in [2.05, 4.69) is 34.9 Å². The lowest BCUT2D eigenvalue weighted by Crippen LogP contribution is -2.25. The number of Topliss-reactive ketones (excluding diaryl/α,β-unsaturated/α-hetero) is 1. The van der Waals surface area contributed by atoms with Crippen molar-refractivity contribution in [2.45, 2.75) is 35.5 Å². The van der Waals surface area contributed by atoms with Crippen LogP contribution in [0.3, 0.4) is 0 Å². The molecule has 0 aromatic heterocycles. The van der Waals surface area contributed by atoms with Crippen LogP contribution in [0.15, 0.2) is 18.4 Å². The SMILES string of the molecule is C=C=CCCC1(I)CCCC1=O. The molecular formula is C10H13IO. The minimum Gasteiger partial charge on any atom is -0.298 e. The predicted octanol–water partition coefficient (Wildman–Crippen LogP) is 3.03. The van der Waals surface area contributed by atoms with Crippen molar-refractivity contribution in [2.24, 2.45) is 0 Å². The topological polar surface area (TPSA) is 17.1 Å². The molecule has 1 unspecified atom stereocenters. The summed E-state index contributed by atoms with van der Waals surface area (Å²) < 4.78 is -0.0644. The van der Waals surface area contributed by atoms with Gasteiger partial charge < -0.3 is 0 Å². The summed E-state index contributed by atoms with van der Waals surface area (Å²) in [7, 11) is 0. The van der Waals surface area contributed by atoms with Crippen LogP contribution in [0.4, 0.5) is 0 Å². The fourth-order valence-corrected chi connectivity index (χ4v) is 2.52. The maximum absolute atomic E-state index is 11.4. The van der Waals surface area contributed by atoms with Crippen molar-refractivity contribution in [3.8, 4) is 0 Å². The van der Waals surface area contributed by atoms with E-state index in [0.29, 0.717) is 5.78 Å². The van der Waals surface area contributed by atoms with Crippen molar-refractivity contribution in [3.63, 3.8) is 0 Å². The molecule has 0 saturated heterocycles. The number of alkyl halides is 1. The number of allylic oxidation sites excluding steroid dienone is 1. The van der Waals surface area contributed by atoms with E-state index in [1.54, 1.807) is 0 Å². The molecule has 66 valence electrons. The normalized spacial score (nSPS) is 28.6.